The van der Waals surface area contributed by atoms with Crippen LogP contribution >= 0.6 is 11.6 Å². The van der Waals surface area contributed by atoms with Gasteiger partial charge in [-0.05, 0) is 60.7 Å². The van der Waals surface area contributed by atoms with Crippen LogP contribution in [-0.4, -0.2) is 61.1 Å². The number of amides is 1. The fourth-order valence-corrected chi connectivity index (χ4v) is 6.18. The normalized spacial score (nSPS) is 14.2. The van der Waals surface area contributed by atoms with E-state index in [1.165, 1.54) is 16.7 Å². The van der Waals surface area contributed by atoms with Gasteiger partial charge in [0.15, 0.2) is 0 Å². The van der Waals surface area contributed by atoms with Crippen molar-refractivity contribution in [3.05, 3.63) is 136 Å². The van der Waals surface area contributed by atoms with Crippen molar-refractivity contribution >= 4 is 17.5 Å². The highest BCUT2D eigenvalue weighted by Crippen LogP contribution is 2.30. The molecular weight excluding hydrogens is 566 g/mol. The number of carbonyl (C=O) groups excluding carboxylic acids is 1. The summed E-state index contributed by atoms with van der Waals surface area (Å²) >= 11 is 6.60. The lowest BCUT2D eigenvalue weighted by atomic mass is 9.90. The zero-order valence-corrected chi connectivity index (χ0v) is 26.5. The Labute approximate surface area is 267 Å². The Bertz CT molecular complexity index is 1390. The van der Waals surface area contributed by atoms with Gasteiger partial charge in [-0.25, -0.2) is 0 Å². The van der Waals surface area contributed by atoms with Crippen LogP contribution < -0.4 is 10.1 Å². The van der Waals surface area contributed by atoms with Crippen molar-refractivity contribution in [2.24, 2.45) is 0 Å². The highest BCUT2D eigenvalue weighted by Gasteiger charge is 2.25. The Balaban J connectivity index is 1.07. The Morgan fingerprint density at radius 3 is 2.11 bits per heavy atom. The lowest BCUT2D eigenvalue weighted by Gasteiger charge is -2.34. The van der Waals surface area contributed by atoms with Gasteiger partial charge in [-0.2, -0.15) is 0 Å². The van der Waals surface area contributed by atoms with Crippen molar-refractivity contribution in [2.75, 3.05) is 39.3 Å². The van der Waals surface area contributed by atoms with E-state index in [1.807, 2.05) is 18.2 Å². The summed E-state index contributed by atoms with van der Waals surface area (Å²) in [4.78, 5) is 17.7. The second-order valence-electron chi connectivity index (χ2n) is 11.6. The van der Waals surface area contributed by atoms with Crippen molar-refractivity contribution in [2.45, 2.75) is 44.8 Å². The van der Waals surface area contributed by atoms with Crippen molar-refractivity contribution in [1.29, 1.82) is 0 Å². The zero-order chi connectivity index (χ0) is 30.6. The molecule has 1 fully saturated rings. The van der Waals surface area contributed by atoms with Gasteiger partial charge in [-0.15, -0.1) is 0 Å². The lowest BCUT2D eigenvalue weighted by Crippen LogP contribution is -2.40. The molecule has 44 heavy (non-hydrogen) atoms. The van der Waals surface area contributed by atoms with Crippen LogP contribution in [-0.2, 0) is 6.54 Å². The summed E-state index contributed by atoms with van der Waals surface area (Å²) in [6, 6.07) is 37.4. The minimum Gasteiger partial charge on any atom is -0.489 e. The van der Waals surface area contributed by atoms with Crippen LogP contribution in [0.5, 0.6) is 5.75 Å². The van der Waals surface area contributed by atoms with E-state index in [9.17, 15) is 4.79 Å². The van der Waals surface area contributed by atoms with E-state index < -0.39 is 0 Å². The van der Waals surface area contributed by atoms with E-state index in [-0.39, 0.29) is 12.0 Å². The summed E-state index contributed by atoms with van der Waals surface area (Å²) in [5.74, 6) is 0.875. The van der Waals surface area contributed by atoms with Crippen molar-refractivity contribution < 1.29 is 9.53 Å². The third-order valence-corrected chi connectivity index (χ3v) is 8.80. The van der Waals surface area contributed by atoms with Gasteiger partial charge < -0.3 is 15.0 Å². The Morgan fingerprint density at radius 2 is 1.52 bits per heavy atom. The maximum Gasteiger partial charge on any atom is 0.251 e. The average Bonchev–Trinajstić information content (AvgIpc) is 3.07. The Kier molecular flexibility index (Phi) is 11.9. The average molecular weight is 610 g/mol. The molecule has 1 saturated heterocycles. The van der Waals surface area contributed by atoms with Crippen molar-refractivity contribution in [3.63, 3.8) is 0 Å². The summed E-state index contributed by atoms with van der Waals surface area (Å²) in [6.07, 6.45) is 2.87. The second kappa shape index (κ2) is 16.4. The molecule has 1 amide bonds. The lowest BCUT2D eigenvalue weighted by molar-refractivity contribution is 0.0950. The minimum absolute atomic E-state index is 0.104. The zero-order valence-electron chi connectivity index (χ0n) is 25.7. The number of halogens is 1. The van der Waals surface area contributed by atoms with Gasteiger partial charge in [-0.3, -0.25) is 9.69 Å². The molecule has 0 saturated carbocycles. The van der Waals surface area contributed by atoms with E-state index >= 15 is 0 Å². The quantitative estimate of drug-likeness (QED) is 0.149. The molecule has 0 radical (unpaired) electrons. The van der Waals surface area contributed by atoms with Gasteiger partial charge in [0.05, 0.1) is 5.02 Å². The van der Waals surface area contributed by atoms with Crippen molar-refractivity contribution in [1.82, 2.24) is 15.1 Å². The molecule has 4 aromatic carbocycles. The molecule has 1 N–H and O–H groups in total. The number of piperidine rings is 1. The maximum atomic E-state index is 12.8. The van der Waals surface area contributed by atoms with Crippen LogP contribution in [0, 0.1) is 0 Å². The Morgan fingerprint density at radius 1 is 0.909 bits per heavy atom. The van der Waals surface area contributed by atoms with Crippen LogP contribution in [0.1, 0.15) is 59.2 Å². The topological polar surface area (TPSA) is 44.8 Å². The van der Waals surface area contributed by atoms with E-state index in [0.717, 1.165) is 58.5 Å². The minimum atomic E-state index is -0.107. The van der Waals surface area contributed by atoms with Crippen LogP contribution in [0.3, 0.4) is 0 Å². The summed E-state index contributed by atoms with van der Waals surface area (Å²) < 4.78 is 6.33. The predicted molar refractivity (Wildman–Crippen MR) is 181 cm³/mol. The van der Waals surface area contributed by atoms with Gasteiger partial charge in [0, 0.05) is 50.7 Å². The first-order chi connectivity index (χ1) is 21.6. The number of nitrogens with zero attached hydrogens (tertiary/aromatic N) is 2. The molecule has 5 rings (SSSR count). The summed E-state index contributed by atoms with van der Waals surface area (Å²) in [7, 11) is 0. The molecule has 0 atom stereocenters. The first-order valence-electron chi connectivity index (χ1n) is 15.9. The molecule has 4 aromatic rings. The standard InChI is InChI=1S/C38H44ClN3O2/c1-2-41(28-30-13-6-3-7-14-30)24-12-23-40-38(43)33-19-20-37(36(39)27-33)44-34-21-25-42(26-22-34)29-35(31-15-8-4-9-16-31)32-17-10-5-11-18-32/h3-11,13-20,27,34-35H,2,12,21-26,28-29H2,1H3,(H,40,43). The van der Waals surface area contributed by atoms with Crippen LogP contribution in [0.15, 0.2) is 109 Å². The molecule has 6 heteroatoms. The summed E-state index contributed by atoms with van der Waals surface area (Å²) in [6.45, 7) is 8.54. The van der Waals surface area contributed by atoms with Crippen LogP contribution in [0.25, 0.3) is 0 Å². The molecule has 0 unspecified atom stereocenters. The molecule has 1 aliphatic rings. The van der Waals surface area contributed by atoms with Gasteiger partial charge >= 0.3 is 0 Å². The number of hydrogen-bond acceptors (Lipinski definition) is 4. The molecule has 0 aliphatic carbocycles. The monoisotopic (exact) mass is 609 g/mol. The SMILES string of the molecule is CCN(CCCNC(=O)c1ccc(OC2CCN(CC(c3ccccc3)c3ccccc3)CC2)c(Cl)c1)Cc1ccccc1. The number of likely N-dealkylation sites (tertiary alicyclic amines) is 1. The summed E-state index contributed by atoms with van der Waals surface area (Å²) in [5, 5.41) is 3.52. The van der Waals surface area contributed by atoms with Gasteiger partial charge in [-0.1, -0.05) is 110 Å². The van der Waals surface area contributed by atoms with E-state index in [4.69, 9.17) is 16.3 Å². The van der Waals surface area contributed by atoms with Gasteiger partial charge in [0.25, 0.3) is 5.91 Å². The van der Waals surface area contributed by atoms with Crippen molar-refractivity contribution in [3.8, 4) is 5.75 Å². The summed E-state index contributed by atoms with van der Waals surface area (Å²) in [5.41, 5.74) is 4.56. The number of carbonyl (C=O) groups is 1. The molecule has 0 spiro atoms. The van der Waals surface area contributed by atoms with E-state index in [2.05, 4.69) is 107 Å². The Hall–Kier alpha value is -3.64. The largest absolute Gasteiger partial charge is 0.489 e. The van der Waals surface area contributed by atoms with E-state index in [0.29, 0.717) is 28.8 Å². The fourth-order valence-electron chi connectivity index (χ4n) is 5.96. The van der Waals surface area contributed by atoms with Crippen LogP contribution in [0.4, 0.5) is 0 Å². The highest BCUT2D eigenvalue weighted by atomic mass is 35.5. The number of ether oxygens (including phenoxy) is 1. The third kappa shape index (κ3) is 9.18. The molecule has 1 aliphatic heterocycles. The molecular formula is C38H44ClN3O2. The van der Waals surface area contributed by atoms with Gasteiger partial charge in [0.2, 0.25) is 0 Å². The number of hydrogen-bond donors (Lipinski definition) is 1. The highest BCUT2D eigenvalue weighted by molar-refractivity contribution is 6.32. The molecule has 0 bridgehead atoms. The maximum absolute atomic E-state index is 12.8. The number of nitrogens with one attached hydrogen (secondary N) is 1. The first kappa shape index (κ1) is 31.8. The third-order valence-electron chi connectivity index (χ3n) is 8.50. The molecule has 5 nitrogen and oxygen atoms in total. The van der Waals surface area contributed by atoms with Gasteiger partial charge in [0.1, 0.15) is 11.9 Å². The molecule has 1 heterocycles. The second-order valence-corrected chi connectivity index (χ2v) is 12.0. The molecule has 230 valence electrons. The van der Waals surface area contributed by atoms with Crippen LogP contribution in [0.2, 0.25) is 5.02 Å². The number of benzene rings is 4. The molecule has 0 aromatic heterocycles. The van der Waals surface area contributed by atoms with E-state index in [1.54, 1.807) is 6.07 Å². The first-order valence-corrected chi connectivity index (χ1v) is 16.3. The fraction of sp³-hybridized carbons (Fsp3) is 0.342. The predicted octanol–water partition coefficient (Wildman–Crippen LogP) is 7.66. The smallest absolute Gasteiger partial charge is 0.251 e. The number of rotatable bonds is 14.